The Morgan fingerprint density at radius 3 is 2.52 bits per heavy atom. The van der Waals surface area contributed by atoms with Crippen LogP contribution in [0.2, 0.25) is 0 Å². The van der Waals surface area contributed by atoms with Crippen molar-refractivity contribution in [1.29, 1.82) is 0 Å². The minimum atomic E-state index is 0.0712. The van der Waals surface area contributed by atoms with Crippen LogP contribution in [0.15, 0.2) is 24.3 Å². The molecule has 2 saturated carbocycles. The molecule has 114 valence electrons. The highest BCUT2D eigenvalue weighted by molar-refractivity contribution is 5.96. The molecule has 0 aliphatic heterocycles. The summed E-state index contributed by atoms with van der Waals surface area (Å²) in [5.74, 6) is 0.986. The Morgan fingerprint density at radius 2 is 1.90 bits per heavy atom. The second-order valence-electron chi connectivity index (χ2n) is 7.12. The molecule has 2 fully saturated rings. The van der Waals surface area contributed by atoms with Crippen LogP contribution in [0.1, 0.15) is 79.6 Å². The lowest BCUT2D eigenvalue weighted by Gasteiger charge is -2.35. The van der Waals surface area contributed by atoms with E-state index in [9.17, 15) is 4.79 Å². The third kappa shape index (κ3) is 3.21. The number of rotatable bonds is 5. The molecule has 0 amide bonds. The van der Waals surface area contributed by atoms with Crippen molar-refractivity contribution in [2.75, 3.05) is 6.54 Å². The number of ketones is 1. The first-order valence-corrected chi connectivity index (χ1v) is 8.56. The van der Waals surface area contributed by atoms with E-state index in [1.54, 1.807) is 0 Å². The molecule has 0 saturated heterocycles. The number of hydrogen-bond donors (Lipinski definition) is 1. The lowest BCUT2D eigenvalue weighted by molar-refractivity contribution is 0.0868. The molecular formula is C19H27NO. The molecular weight excluding hydrogens is 258 g/mol. The van der Waals surface area contributed by atoms with E-state index in [4.69, 9.17) is 5.73 Å². The summed E-state index contributed by atoms with van der Waals surface area (Å²) in [5.41, 5.74) is 8.35. The Hall–Kier alpha value is -1.15. The molecule has 1 aromatic carbocycles. The Morgan fingerprint density at radius 1 is 1.14 bits per heavy atom. The highest BCUT2D eigenvalue weighted by atomic mass is 16.1. The highest BCUT2D eigenvalue weighted by Gasteiger charge is 2.33. The third-order valence-corrected chi connectivity index (χ3v) is 5.67. The fraction of sp³-hybridized carbons (Fsp3) is 0.632. The van der Waals surface area contributed by atoms with Crippen LogP contribution in [0.3, 0.4) is 0 Å². The van der Waals surface area contributed by atoms with E-state index in [0.717, 1.165) is 18.4 Å². The molecule has 2 heteroatoms. The van der Waals surface area contributed by atoms with Crippen molar-refractivity contribution < 1.29 is 4.79 Å². The van der Waals surface area contributed by atoms with Crippen molar-refractivity contribution in [2.24, 2.45) is 11.1 Å². The molecule has 0 radical (unpaired) electrons. The molecule has 1 aromatic rings. The van der Waals surface area contributed by atoms with Gasteiger partial charge in [-0.3, -0.25) is 4.79 Å². The largest absolute Gasteiger partial charge is 0.330 e. The minimum absolute atomic E-state index is 0.0712. The van der Waals surface area contributed by atoms with Gasteiger partial charge < -0.3 is 5.73 Å². The summed E-state index contributed by atoms with van der Waals surface area (Å²) in [5, 5.41) is 0. The fourth-order valence-electron chi connectivity index (χ4n) is 3.91. The van der Waals surface area contributed by atoms with Crippen LogP contribution in [0.25, 0.3) is 0 Å². The quantitative estimate of drug-likeness (QED) is 0.813. The molecule has 2 aliphatic rings. The van der Waals surface area contributed by atoms with Gasteiger partial charge in [-0.05, 0) is 55.2 Å². The van der Waals surface area contributed by atoms with Crippen molar-refractivity contribution in [3.05, 3.63) is 35.4 Å². The second-order valence-corrected chi connectivity index (χ2v) is 7.12. The first-order valence-electron chi connectivity index (χ1n) is 8.56. The zero-order valence-electron chi connectivity index (χ0n) is 12.9. The van der Waals surface area contributed by atoms with Gasteiger partial charge in [0.2, 0.25) is 0 Å². The molecule has 2 aliphatic carbocycles. The number of hydrogen-bond acceptors (Lipinski definition) is 2. The molecule has 0 aromatic heterocycles. The molecule has 21 heavy (non-hydrogen) atoms. The van der Waals surface area contributed by atoms with Gasteiger partial charge >= 0.3 is 0 Å². The predicted molar refractivity (Wildman–Crippen MR) is 86.6 cm³/mol. The summed E-state index contributed by atoms with van der Waals surface area (Å²) in [6.07, 6.45) is 10.5. The number of benzene rings is 1. The van der Waals surface area contributed by atoms with Gasteiger partial charge in [-0.1, -0.05) is 43.9 Å². The zero-order chi connectivity index (χ0) is 14.7. The fourth-order valence-corrected chi connectivity index (χ4v) is 3.91. The topological polar surface area (TPSA) is 43.1 Å². The molecule has 0 spiro atoms. The molecule has 2 N–H and O–H groups in total. The van der Waals surface area contributed by atoms with E-state index in [2.05, 4.69) is 18.2 Å². The van der Waals surface area contributed by atoms with Crippen LogP contribution >= 0.6 is 0 Å². The van der Waals surface area contributed by atoms with E-state index < -0.39 is 0 Å². The average molecular weight is 285 g/mol. The van der Waals surface area contributed by atoms with Crippen molar-refractivity contribution in [3.8, 4) is 0 Å². The summed E-state index contributed by atoms with van der Waals surface area (Å²) < 4.78 is 0. The van der Waals surface area contributed by atoms with Crippen LogP contribution < -0.4 is 5.73 Å². The monoisotopic (exact) mass is 285 g/mol. The van der Waals surface area contributed by atoms with Gasteiger partial charge in [0.25, 0.3) is 0 Å². The summed E-state index contributed by atoms with van der Waals surface area (Å²) in [6.45, 7) is 0.654. The van der Waals surface area contributed by atoms with Gasteiger partial charge in [0, 0.05) is 12.0 Å². The smallest absolute Gasteiger partial charge is 0.163 e. The standard InChI is InChI=1S/C19H27NO/c20-14-19(10-2-1-3-11-19)13-18(21)17-9-5-8-16(12-17)15-6-4-7-15/h5,8-9,12,15H,1-4,6-7,10-11,13-14,20H2. The van der Waals surface area contributed by atoms with E-state index in [-0.39, 0.29) is 5.41 Å². The Balaban J connectivity index is 1.72. The number of carbonyl (C=O) groups is 1. The first-order chi connectivity index (χ1) is 10.2. The van der Waals surface area contributed by atoms with Gasteiger partial charge in [0.05, 0.1) is 0 Å². The Labute approximate surface area is 128 Å². The molecule has 3 rings (SSSR count). The molecule has 2 nitrogen and oxygen atoms in total. The summed E-state index contributed by atoms with van der Waals surface area (Å²) in [4.78, 5) is 12.7. The van der Waals surface area contributed by atoms with Gasteiger partial charge in [-0.15, -0.1) is 0 Å². The minimum Gasteiger partial charge on any atom is -0.330 e. The van der Waals surface area contributed by atoms with Crippen LogP contribution in [-0.2, 0) is 0 Å². The van der Waals surface area contributed by atoms with Crippen LogP contribution in [-0.4, -0.2) is 12.3 Å². The van der Waals surface area contributed by atoms with E-state index >= 15 is 0 Å². The van der Waals surface area contributed by atoms with E-state index in [1.165, 1.54) is 44.1 Å². The average Bonchev–Trinajstić information content (AvgIpc) is 2.47. The van der Waals surface area contributed by atoms with Crippen LogP contribution in [0.4, 0.5) is 0 Å². The molecule has 0 atom stereocenters. The number of nitrogens with two attached hydrogens (primary N) is 1. The third-order valence-electron chi connectivity index (χ3n) is 5.67. The Kier molecular flexibility index (Phi) is 4.44. The van der Waals surface area contributed by atoms with Gasteiger partial charge in [0.15, 0.2) is 5.78 Å². The maximum atomic E-state index is 12.7. The highest BCUT2D eigenvalue weighted by Crippen LogP contribution is 2.40. The summed E-state index contributed by atoms with van der Waals surface area (Å²) in [6, 6.07) is 8.35. The molecule has 0 unspecified atom stereocenters. The zero-order valence-corrected chi connectivity index (χ0v) is 12.9. The SMILES string of the molecule is NCC1(CC(=O)c2cccc(C3CCC3)c2)CCCCC1. The summed E-state index contributed by atoms with van der Waals surface area (Å²) >= 11 is 0. The lowest BCUT2D eigenvalue weighted by Crippen LogP contribution is -2.35. The first kappa shape index (κ1) is 14.8. The predicted octanol–water partition coefficient (Wildman–Crippen LogP) is 4.44. The van der Waals surface area contributed by atoms with E-state index in [0.29, 0.717) is 24.7 Å². The van der Waals surface area contributed by atoms with Gasteiger partial charge in [-0.2, -0.15) is 0 Å². The second kappa shape index (κ2) is 6.31. The van der Waals surface area contributed by atoms with Crippen molar-refractivity contribution >= 4 is 5.78 Å². The maximum Gasteiger partial charge on any atom is 0.163 e. The maximum absolute atomic E-state index is 12.7. The number of carbonyl (C=O) groups excluding carboxylic acids is 1. The van der Waals surface area contributed by atoms with Crippen molar-refractivity contribution in [3.63, 3.8) is 0 Å². The molecule has 0 heterocycles. The van der Waals surface area contributed by atoms with E-state index in [1.807, 2.05) is 6.07 Å². The number of Topliss-reactive ketones (excluding diaryl/α,β-unsaturated/α-hetero) is 1. The van der Waals surface area contributed by atoms with Crippen LogP contribution in [0, 0.1) is 5.41 Å². The summed E-state index contributed by atoms with van der Waals surface area (Å²) in [7, 11) is 0. The lowest BCUT2D eigenvalue weighted by atomic mass is 9.70. The normalized spacial score (nSPS) is 21.8. The molecule has 0 bridgehead atoms. The van der Waals surface area contributed by atoms with Crippen molar-refractivity contribution in [1.82, 2.24) is 0 Å². The van der Waals surface area contributed by atoms with Gasteiger partial charge in [-0.25, -0.2) is 0 Å². The van der Waals surface area contributed by atoms with Crippen LogP contribution in [0.5, 0.6) is 0 Å². The van der Waals surface area contributed by atoms with Crippen molar-refractivity contribution in [2.45, 2.75) is 63.7 Å². The van der Waals surface area contributed by atoms with Gasteiger partial charge in [0.1, 0.15) is 0 Å². The Bertz CT molecular complexity index is 498.